The van der Waals surface area contributed by atoms with Gasteiger partial charge in [0, 0.05) is 43.6 Å². The van der Waals surface area contributed by atoms with Gasteiger partial charge in [-0.05, 0) is 64.3 Å². The molecule has 5 heteroatoms. The van der Waals surface area contributed by atoms with Crippen LogP contribution in [0.25, 0.3) is 0 Å². The zero-order chi connectivity index (χ0) is 17.4. The summed E-state index contributed by atoms with van der Waals surface area (Å²) in [5, 5.41) is 0. The maximum atomic E-state index is 12.6. The number of carbonyl (C=O) groups is 1. The van der Waals surface area contributed by atoms with Crippen LogP contribution in [0, 0.1) is 19.3 Å². The summed E-state index contributed by atoms with van der Waals surface area (Å²) in [6, 6.07) is 2.10. The number of ether oxygens (including phenoxy) is 1. The van der Waals surface area contributed by atoms with Gasteiger partial charge in [0.25, 0.3) is 0 Å². The van der Waals surface area contributed by atoms with Crippen molar-refractivity contribution in [2.45, 2.75) is 52.1 Å². The van der Waals surface area contributed by atoms with E-state index in [2.05, 4.69) is 34.7 Å². The summed E-state index contributed by atoms with van der Waals surface area (Å²) in [6.45, 7) is 9.30. The van der Waals surface area contributed by atoms with Crippen molar-refractivity contribution < 1.29 is 9.53 Å². The Bertz CT molecular complexity index is 646. The van der Waals surface area contributed by atoms with Gasteiger partial charge in [0.2, 0.25) is 0 Å². The van der Waals surface area contributed by atoms with Gasteiger partial charge in [0.1, 0.15) is 6.10 Å². The Balaban J connectivity index is 1.40. The summed E-state index contributed by atoms with van der Waals surface area (Å²) >= 11 is 0. The molecule has 0 aromatic carbocycles. The fourth-order valence-electron chi connectivity index (χ4n) is 4.75. The second-order valence-electron chi connectivity index (χ2n) is 8.05. The minimum atomic E-state index is -0.239. The topological polar surface area (TPSA) is 45.7 Å². The van der Waals surface area contributed by atoms with Crippen molar-refractivity contribution >= 4 is 11.7 Å². The van der Waals surface area contributed by atoms with Gasteiger partial charge in [-0.1, -0.05) is 0 Å². The molecule has 1 atom stereocenters. The molecule has 3 aliphatic heterocycles. The first-order valence-corrected chi connectivity index (χ1v) is 9.68. The summed E-state index contributed by atoms with van der Waals surface area (Å²) in [5.41, 5.74) is 3.36. The number of piperidine rings is 1. The number of carbonyl (C=O) groups excluding carboxylic acids is 1. The highest BCUT2D eigenvalue weighted by molar-refractivity contribution is 5.79. The third kappa shape index (κ3) is 3.14. The van der Waals surface area contributed by atoms with E-state index in [1.54, 1.807) is 0 Å². The Labute approximate surface area is 150 Å². The average molecular weight is 343 g/mol. The number of rotatable bonds is 3. The zero-order valence-electron chi connectivity index (χ0n) is 15.5. The first-order chi connectivity index (χ1) is 12.1. The Morgan fingerprint density at radius 2 is 1.92 bits per heavy atom. The van der Waals surface area contributed by atoms with Gasteiger partial charge < -0.3 is 9.64 Å². The van der Waals surface area contributed by atoms with E-state index < -0.39 is 0 Å². The molecule has 0 amide bonds. The molecule has 0 aliphatic carbocycles. The van der Waals surface area contributed by atoms with Crippen LogP contribution in [-0.4, -0.2) is 54.7 Å². The molecule has 0 N–H and O–H groups in total. The summed E-state index contributed by atoms with van der Waals surface area (Å²) in [7, 11) is 0. The molecular formula is C20H29N3O2. The smallest absolute Gasteiger partial charge is 0.312 e. The summed E-state index contributed by atoms with van der Waals surface area (Å²) < 4.78 is 5.79. The molecule has 3 fully saturated rings. The highest BCUT2D eigenvalue weighted by Gasteiger charge is 2.50. The second-order valence-corrected chi connectivity index (χ2v) is 8.05. The van der Waals surface area contributed by atoms with Gasteiger partial charge in [-0.2, -0.15) is 0 Å². The lowest BCUT2D eigenvalue weighted by atomic mass is 9.76. The lowest BCUT2D eigenvalue weighted by Crippen LogP contribution is -2.43. The minimum absolute atomic E-state index is 0.0546. The third-order valence-electron chi connectivity index (χ3n) is 6.47. The molecule has 5 nitrogen and oxygen atoms in total. The minimum Gasteiger partial charge on any atom is -0.461 e. The highest BCUT2D eigenvalue weighted by atomic mass is 16.6. The van der Waals surface area contributed by atoms with Crippen LogP contribution in [-0.2, 0) is 9.53 Å². The van der Waals surface area contributed by atoms with Gasteiger partial charge in [0.05, 0.1) is 5.41 Å². The van der Waals surface area contributed by atoms with Crippen molar-refractivity contribution in [1.29, 1.82) is 0 Å². The molecule has 4 rings (SSSR count). The molecular weight excluding hydrogens is 314 g/mol. The largest absolute Gasteiger partial charge is 0.461 e. The van der Waals surface area contributed by atoms with Gasteiger partial charge >= 0.3 is 5.97 Å². The van der Waals surface area contributed by atoms with E-state index in [-0.39, 0.29) is 17.5 Å². The quantitative estimate of drug-likeness (QED) is 0.790. The predicted molar refractivity (Wildman–Crippen MR) is 97.8 cm³/mol. The molecule has 136 valence electrons. The van der Waals surface area contributed by atoms with Crippen LogP contribution in [0.2, 0.25) is 0 Å². The SMILES string of the molecule is Cc1nccc(N2CCC3(CC2)CC(CN2CCCC2)OC3=O)c1C. The van der Waals surface area contributed by atoms with Crippen molar-refractivity contribution in [2.75, 3.05) is 37.6 Å². The van der Waals surface area contributed by atoms with E-state index in [4.69, 9.17) is 4.74 Å². The average Bonchev–Trinajstić information content (AvgIpc) is 3.20. The van der Waals surface area contributed by atoms with Gasteiger partial charge in [-0.15, -0.1) is 0 Å². The van der Waals surface area contributed by atoms with Gasteiger partial charge in [0.15, 0.2) is 0 Å². The molecule has 1 spiro atoms. The van der Waals surface area contributed by atoms with Crippen LogP contribution in [0.15, 0.2) is 12.3 Å². The molecule has 3 aliphatic rings. The highest BCUT2D eigenvalue weighted by Crippen LogP contribution is 2.44. The zero-order valence-corrected chi connectivity index (χ0v) is 15.5. The van der Waals surface area contributed by atoms with Crippen molar-refractivity contribution in [3.8, 4) is 0 Å². The number of anilines is 1. The number of pyridine rings is 1. The first-order valence-electron chi connectivity index (χ1n) is 9.68. The lowest BCUT2D eigenvalue weighted by Gasteiger charge is -2.38. The molecule has 1 aromatic heterocycles. The van der Waals surface area contributed by atoms with E-state index in [1.807, 2.05) is 6.20 Å². The Hall–Kier alpha value is -1.62. The second kappa shape index (κ2) is 6.60. The van der Waals surface area contributed by atoms with Crippen LogP contribution >= 0.6 is 0 Å². The fraction of sp³-hybridized carbons (Fsp3) is 0.700. The van der Waals surface area contributed by atoms with Crippen LogP contribution in [0.4, 0.5) is 5.69 Å². The molecule has 25 heavy (non-hydrogen) atoms. The van der Waals surface area contributed by atoms with Crippen molar-refractivity contribution in [1.82, 2.24) is 9.88 Å². The molecule has 0 saturated carbocycles. The van der Waals surface area contributed by atoms with Crippen LogP contribution in [0.1, 0.15) is 43.4 Å². The molecule has 3 saturated heterocycles. The molecule has 0 radical (unpaired) electrons. The molecule has 1 aromatic rings. The molecule has 1 unspecified atom stereocenters. The van der Waals surface area contributed by atoms with Gasteiger partial charge in [-0.25, -0.2) is 0 Å². The standard InChI is InChI=1S/C20H29N3O2/c1-15-16(2)21-8-5-18(15)23-11-6-20(7-12-23)13-17(25-19(20)24)14-22-9-3-4-10-22/h5,8,17H,3-4,6-7,9-14H2,1-2H3. The molecule has 4 heterocycles. The van der Waals surface area contributed by atoms with Crippen LogP contribution < -0.4 is 4.90 Å². The molecule has 0 bridgehead atoms. The van der Waals surface area contributed by atoms with Crippen LogP contribution in [0.5, 0.6) is 0 Å². The third-order valence-corrected chi connectivity index (χ3v) is 6.47. The number of hydrogen-bond acceptors (Lipinski definition) is 5. The fourth-order valence-corrected chi connectivity index (χ4v) is 4.75. The first kappa shape index (κ1) is 16.8. The summed E-state index contributed by atoms with van der Waals surface area (Å²) in [5.74, 6) is 0.0546. The summed E-state index contributed by atoms with van der Waals surface area (Å²) in [4.78, 5) is 21.9. The van der Waals surface area contributed by atoms with Crippen molar-refractivity contribution in [3.05, 3.63) is 23.5 Å². The van der Waals surface area contributed by atoms with E-state index in [1.165, 1.54) is 24.1 Å². The number of hydrogen-bond donors (Lipinski definition) is 0. The number of aromatic nitrogens is 1. The van der Waals surface area contributed by atoms with E-state index in [9.17, 15) is 4.79 Å². The van der Waals surface area contributed by atoms with Crippen LogP contribution in [0.3, 0.4) is 0 Å². The number of nitrogens with zero attached hydrogens (tertiary/aromatic N) is 3. The monoisotopic (exact) mass is 343 g/mol. The number of aryl methyl sites for hydroxylation is 1. The summed E-state index contributed by atoms with van der Waals surface area (Å²) in [6.07, 6.45) is 7.27. The number of cyclic esters (lactones) is 1. The normalized spacial score (nSPS) is 26.4. The van der Waals surface area contributed by atoms with Gasteiger partial charge in [-0.3, -0.25) is 14.7 Å². The maximum Gasteiger partial charge on any atom is 0.312 e. The Kier molecular flexibility index (Phi) is 4.44. The van der Waals surface area contributed by atoms with Crippen molar-refractivity contribution in [3.63, 3.8) is 0 Å². The maximum absolute atomic E-state index is 12.6. The predicted octanol–water partition coefficient (Wildman–Crippen LogP) is 2.70. The number of esters is 1. The number of likely N-dealkylation sites (tertiary alicyclic amines) is 1. The Morgan fingerprint density at radius 1 is 1.20 bits per heavy atom. The van der Waals surface area contributed by atoms with E-state index in [0.717, 1.165) is 57.7 Å². The Morgan fingerprint density at radius 3 is 2.64 bits per heavy atom. The van der Waals surface area contributed by atoms with Crippen molar-refractivity contribution in [2.24, 2.45) is 5.41 Å². The lowest BCUT2D eigenvalue weighted by molar-refractivity contribution is -0.150. The van der Waals surface area contributed by atoms with E-state index in [0.29, 0.717) is 0 Å². The van der Waals surface area contributed by atoms with E-state index >= 15 is 0 Å².